The SMILES string of the molecule is CS(=O)(=O)N1CCN(NC(=O)c2ccc(C(=O)O)cn2)CC1. The number of hydrazine groups is 1. The van der Waals surface area contributed by atoms with Gasteiger partial charge >= 0.3 is 5.97 Å². The van der Waals surface area contributed by atoms with Crippen molar-refractivity contribution in [3.8, 4) is 0 Å². The van der Waals surface area contributed by atoms with Crippen LogP contribution in [0.2, 0.25) is 0 Å². The Morgan fingerprint density at radius 3 is 2.32 bits per heavy atom. The van der Waals surface area contributed by atoms with Gasteiger partial charge in [0.25, 0.3) is 5.91 Å². The van der Waals surface area contributed by atoms with E-state index < -0.39 is 21.9 Å². The van der Waals surface area contributed by atoms with Gasteiger partial charge in [0.2, 0.25) is 10.0 Å². The molecule has 0 atom stereocenters. The Labute approximate surface area is 127 Å². The van der Waals surface area contributed by atoms with Crippen LogP contribution in [0, 0.1) is 0 Å². The molecule has 9 nitrogen and oxygen atoms in total. The summed E-state index contributed by atoms with van der Waals surface area (Å²) in [5.41, 5.74) is 2.71. The summed E-state index contributed by atoms with van der Waals surface area (Å²) in [7, 11) is -3.22. The summed E-state index contributed by atoms with van der Waals surface area (Å²) in [6, 6.07) is 2.62. The van der Waals surface area contributed by atoms with Crippen LogP contribution in [0.3, 0.4) is 0 Å². The number of aromatic carboxylic acids is 1. The lowest BCUT2D eigenvalue weighted by molar-refractivity contribution is 0.0687. The molecule has 1 aliphatic heterocycles. The topological polar surface area (TPSA) is 120 Å². The molecule has 1 fully saturated rings. The van der Waals surface area contributed by atoms with Gasteiger partial charge in [-0.2, -0.15) is 4.31 Å². The van der Waals surface area contributed by atoms with Crippen molar-refractivity contribution < 1.29 is 23.1 Å². The molecule has 1 saturated heterocycles. The number of rotatable bonds is 4. The minimum atomic E-state index is -3.22. The van der Waals surface area contributed by atoms with E-state index in [2.05, 4.69) is 10.4 Å². The lowest BCUT2D eigenvalue weighted by Gasteiger charge is -2.33. The van der Waals surface area contributed by atoms with Gasteiger partial charge in [0.15, 0.2) is 0 Å². The number of nitrogens with zero attached hydrogens (tertiary/aromatic N) is 3. The Bertz CT molecular complexity index is 665. The van der Waals surface area contributed by atoms with Crippen LogP contribution in [0.5, 0.6) is 0 Å². The van der Waals surface area contributed by atoms with Crippen molar-refractivity contribution in [2.75, 3.05) is 32.4 Å². The number of pyridine rings is 1. The number of carboxylic acid groups (broad SMARTS) is 1. The molecular weight excluding hydrogens is 312 g/mol. The Kier molecular flexibility index (Phi) is 4.74. The number of sulfonamides is 1. The summed E-state index contributed by atoms with van der Waals surface area (Å²) < 4.78 is 24.1. The van der Waals surface area contributed by atoms with Gasteiger partial charge in [0.1, 0.15) is 5.69 Å². The number of hydrogen-bond donors (Lipinski definition) is 2. The fraction of sp³-hybridized carbons (Fsp3) is 0.417. The molecule has 1 aromatic heterocycles. The van der Waals surface area contributed by atoms with E-state index >= 15 is 0 Å². The van der Waals surface area contributed by atoms with Crippen molar-refractivity contribution in [2.45, 2.75) is 0 Å². The first-order chi connectivity index (χ1) is 10.3. The lowest BCUT2D eigenvalue weighted by Crippen LogP contribution is -2.54. The molecular formula is C12H16N4O5S. The van der Waals surface area contributed by atoms with Crippen molar-refractivity contribution in [1.82, 2.24) is 19.7 Å². The average Bonchev–Trinajstić information content (AvgIpc) is 2.47. The third-order valence-electron chi connectivity index (χ3n) is 3.21. The van der Waals surface area contributed by atoms with Gasteiger partial charge in [-0.3, -0.25) is 15.2 Å². The van der Waals surface area contributed by atoms with Crippen LogP contribution in [0.4, 0.5) is 0 Å². The minimum absolute atomic E-state index is 0.00156. The van der Waals surface area contributed by atoms with Crippen LogP contribution in [0.15, 0.2) is 18.3 Å². The van der Waals surface area contributed by atoms with Gasteiger partial charge < -0.3 is 5.11 Å². The second-order valence-corrected chi connectivity index (χ2v) is 6.81. The molecule has 0 aromatic carbocycles. The quantitative estimate of drug-likeness (QED) is 0.727. The second kappa shape index (κ2) is 6.38. The molecule has 22 heavy (non-hydrogen) atoms. The molecule has 1 aliphatic rings. The molecule has 1 amide bonds. The molecule has 0 saturated carbocycles. The molecule has 0 aliphatic carbocycles. The van der Waals surface area contributed by atoms with Crippen LogP contribution in [0.25, 0.3) is 0 Å². The zero-order valence-electron chi connectivity index (χ0n) is 11.9. The summed E-state index contributed by atoms with van der Waals surface area (Å²) in [6.45, 7) is 1.33. The van der Waals surface area contributed by atoms with Gasteiger partial charge in [-0.1, -0.05) is 0 Å². The second-order valence-electron chi connectivity index (χ2n) is 4.83. The van der Waals surface area contributed by atoms with Gasteiger partial charge in [0.05, 0.1) is 11.8 Å². The summed E-state index contributed by atoms with van der Waals surface area (Å²) >= 11 is 0. The highest BCUT2D eigenvalue weighted by Gasteiger charge is 2.24. The number of carboxylic acids is 1. The first-order valence-corrected chi connectivity index (χ1v) is 8.32. The predicted molar refractivity (Wildman–Crippen MR) is 76.7 cm³/mol. The monoisotopic (exact) mass is 328 g/mol. The van der Waals surface area contributed by atoms with Crippen LogP contribution in [-0.2, 0) is 10.0 Å². The molecule has 120 valence electrons. The number of nitrogens with one attached hydrogen (secondary N) is 1. The van der Waals surface area contributed by atoms with E-state index in [4.69, 9.17) is 5.11 Å². The number of aromatic nitrogens is 1. The van der Waals surface area contributed by atoms with Crippen LogP contribution < -0.4 is 5.43 Å². The molecule has 10 heteroatoms. The summed E-state index contributed by atoms with van der Waals surface area (Å²) in [4.78, 5) is 26.5. The van der Waals surface area contributed by atoms with E-state index in [1.807, 2.05) is 0 Å². The molecule has 2 N–H and O–H groups in total. The molecule has 2 heterocycles. The lowest BCUT2D eigenvalue weighted by atomic mass is 10.2. The molecule has 0 radical (unpaired) electrons. The van der Waals surface area contributed by atoms with E-state index in [0.29, 0.717) is 26.2 Å². The minimum Gasteiger partial charge on any atom is -0.478 e. The maximum Gasteiger partial charge on any atom is 0.337 e. The van der Waals surface area contributed by atoms with Crippen molar-refractivity contribution in [3.05, 3.63) is 29.6 Å². The first-order valence-electron chi connectivity index (χ1n) is 6.48. The van der Waals surface area contributed by atoms with Crippen molar-refractivity contribution in [2.24, 2.45) is 0 Å². The van der Waals surface area contributed by atoms with E-state index in [0.717, 1.165) is 12.5 Å². The van der Waals surface area contributed by atoms with E-state index in [1.54, 1.807) is 5.01 Å². The molecule has 1 aromatic rings. The van der Waals surface area contributed by atoms with Crippen LogP contribution >= 0.6 is 0 Å². The molecule has 0 unspecified atom stereocenters. The number of piperazine rings is 1. The molecule has 2 rings (SSSR count). The number of hydrogen-bond acceptors (Lipinski definition) is 6. The highest BCUT2D eigenvalue weighted by molar-refractivity contribution is 7.88. The van der Waals surface area contributed by atoms with Crippen molar-refractivity contribution >= 4 is 21.9 Å². The van der Waals surface area contributed by atoms with Crippen molar-refractivity contribution in [3.63, 3.8) is 0 Å². The Morgan fingerprint density at radius 1 is 1.23 bits per heavy atom. The molecule has 0 bridgehead atoms. The Balaban J connectivity index is 1.92. The zero-order chi connectivity index (χ0) is 16.3. The highest BCUT2D eigenvalue weighted by Crippen LogP contribution is 2.05. The fourth-order valence-electron chi connectivity index (χ4n) is 1.99. The normalized spacial score (nSPS) is 17.1. The smallest absolute Gasteiger partial charge is 0.337 e. The van der Waals surface area contributed by atoms with Crippen molar-refractivity contribution in [1.29, 1.82) is 0 Å². The van der Waals surface area contributed by atoms with E-state index in [9.17, 15) is 18.0 Å². The summed E-state index contributed by atoms with van der Waals surface area (Å²) in [5.74, 6) is -1.58. The highest BCUT2D eigenvalue weighted by atomic mass is 32.2. The summed E-state index contributed by atoms with van der Waals surface area (Å²) in [5, 5.41) is 10.4. The van der Waals surface area contributed by atoms with Crippen LogP contribution in [-0.4, -0.2) is 72.1 Å². The maximum absolute atomic E-state index is 12.0. The largest absolute Gasteiger partial charge is 0.478 e. The van der Waals surface area contributed by atoms with E-state index in [1.165, 1.54) is 16.4 Å². The number of amides is 1. The standard InChI is InChI=1S/C12H16N4O5S/c1-22(20,21)16-6-4-15(5-7-16)14-11(17)10-3-2-9(8-13-10)12(18)19/h2-3,8H,4-7H2,1H3,(H,14,17)(H,18,19). The predicted octanol–water partition coefficient (Wildman–Crippen LogP) is -0.998. The van der Waals surface area contributed by atoms with Crippen LogP contribution in [0.1, 0.15) is 20.8 Å². The maximum atomic E-state index is 12.0. The number of carbonyl (C=O) groups excluding carboxylic acids is 1. The van der Waals surface area contributed by atoms with E-state index in [-0.39, 0.29) is 11.3 Å². The van der Waals surface area contributed by atoms with Gasteiger partial charge in [-0.15, -0.1) is 0 Å². The molecule has 0 spiro atoms. The fourth-order valence-corrected chi connectivity index (χ4v) is 2.81. The number of carbonyl (C=O) groups is 2. The Hall–Kier alpha value is -2.04. The zero-order valence-corrected chi connectivity index (χ0v) is 12.7. The third kappa shape index (κ3) is 4.00. The Morgan fingerprint density at radius 2 is 1.86 bits per heavy atom. The first kappa shape index (κ1) is 16.3. The average molecular weight is 328 g/mol. The van der Waals surface area contributed by atoms with Gasteiger partial charge in [0, 0.05) is 32.4 Å². The summed E-state index contributed by atoms with van der Waals surface area (Å²) in [6.07, 6.45) is 2.26. The third-order valence-corrected chi connectivity index (χ3v) is 4.51. The van der Waals surface area contributed by atoms with Gasteiger partial charge in [-0.25, -0.2) is 18.2 Å². The van der Waals surface area contributed by atoms with Gasteiger partial charge in [-0.05, 0) is 12.1 Å².